The van der Waals surface area contributed by atoms with E-state index in [1.807, 2.05) is 36.4 Å². The molecule has 1 aliphatic heterocycles. The van der Waals surface area contributed by atoms with Gasteiger partial charge in [0.05, 0.1) is 6.04 Å². The van der Waals surface area contributed by atoms with Gasteiger partial charge in [0.1, 0.15) is 6.04 Å². The van der Waals surface area contributed by atoms with Crippen molar-refractivity contribution >= 4 is 23.5 Å². The molecule has 1 N–H and O–H groups in total. The predicted octanol–water partition coefficient (Wildman–Crippen LogP) is 3.95. The number of urea groups is 1. The average molecular weight is 427 g/mol. The van der Waals surface area contributed by atoms with Crippen molar-refractivity contribution in [2.45, 2.75) is 50.7 Å². The number of nitrogens with zero attached hydrogens (tertiary/aromatic N) is 3. The predicted molar refractivity (Wildman–Crippen MR) is 116 cm³/mol. The molecule has 0 radical (unpaired) electrons. The summed E-state index contributed by atoms with van der Waals surface area (Å²) in [7, 11) is 1.79. The Labute approximate surface area is 182 Å². The number of nitrogens with one attached hydrogen (secondary N) is 1. The highest BCUT2D eigenvalue weighted by atomic mass is 35.5. The minimum atomic E-state index is -0.417. The maximum Gasteiger partial charge on any atom is 0.318 e. The second kappa shape index (κ2) is 9.04. The van der Waals surface area contributed by atoms with Crippen LogP contribution >= 0.6 is 11.6 Å². The molecule has 6 nitrogen and oxygen atoms in total. The second-order valence-corrected chi connectivity index (χ2v) is 8.54. The molecule has 0 saturated carbocycles. The number of pyridine rings is 1. The number of fused-ring (bicyclic) bond motifs is 1. The Balaban J connectivity index is 1.41. The number of likely N-dealkylation sites (tertiary alicyclic amines) is 1. The molecule has 2 atom stereocenters. The summed E-state index contributed by atoms with van der Waals surface area (Å²) >= 11 is 5.94. The third kappa shape index (κ3) is 4.43. The lowest BCUT2D eigenvalue weighted by atomic mass is 9.91. The highest BCUT2D eigenvalue weighted by Crippen LogP contribution is 2.29. The average Bonchev–Trinajstić information content (AvgIpc) is 3.25. The molecule has 1 aliphatic carbocycles. The maximum atomic E-state index is 13.1. The van der Waals surface area contributed by atoms with Crippen LogP contribution in [-0.2, 0) is 17.8 Å². The van der Waals surface area contributed by atoms with Gasteiger partial charge in [-0.25, -0.2) is 4.79 Å². The van der Waals surface area contributed by atoms with Gasteiger partial charge in [-0.05, 0) is 61.4 Å². The standard InChI is InChI=1S/C23H27ClN4O2/c1-27(15-16-9-11-17(24)12-10-16)22(29)21-8-4-14-28(21)23(30)26-20-7-2-6-19-18(20)5-3-13-25-19/h3,5,9-13,20-21H,2,4,6-8,14-15H2,1H3,(H,26,30)/t20?,21-/m1/s1. The third-order valence-electron chi connectivity index (χ3n) is 6.01. The molecule has 0 spiro atoms. The lowest BCUT2D eigenvalue weighted by Crippen LogP contribution is -2.50. The van der Waals surface area contributed by atoms with Gasteiger partial charge >= 0.3 is 6.03 Å². The lowest BCUT2D eigenvalue weighted by Gasteiger charge is -2.31. The fourth-order valence-electron chi connectivity index (χ4n) is 4.45. The number of likely N-dealkylation sites (N-methyl/N-ethyl adjacent to an activating group) is 1. The van der Waals surface area contributed by atoms with Crippen molar-refractivity contribution in [3.8, 4) is 0 Å². The Kier molecular flexibility index (Phi) is 6.23. The van der Waals surface area contributed by atoms with Crippen LogP contribution in [0.1, 0.15) is 48.5 Å². The number of carbonyl (C=O) groups excluding carboxylic acids is 2. The monoisotopic (exact) mass is 426 g/mol. The molecule has 1 unspecified atom stereocenters. The molecule has 3 amide bonds. The zero-order valence-electron chi connectivity index (χ0n) is 17.2. The van der Waals surface area contributed by atoms with Crippen LogP contribution in [-0.4, -0.2) is 46.4 Å². The van der Waals surface area contributed by atoms with Gasteiger partial charge in [0.2, 0.25) is 5.91 Å². The van der Waals surface area contributed by atoms with Crippen molar-refractivity contribution in [1.29, 1.82) is 0 Å². The maximum absolute atomic E-state index is 13.1. The van der Waals surface area contributed by atoms with Gasteiger partial charge < -0.3 is 15.1 Å². The molecule has 1 saturated heterocycles. The quantitative estimate of drug-likeness (QED) is 0.805. The molecular formula is C23H27ClN4O2. The van der Waals surface area contributed by atoms with E-state index in [9.17, 15) is 9.59 Å². The summed E-state index contributed by atoms with van der Waals surface area (Å²) in [6, 6.07) is 10.8. The van der Waals surface area contributed by atoms with E-state index in [4.69, 9.17) is 11.6 Å². The summed E-state index contributed by atoms with van der Waals surface area (Å²) in [6.07, 6.45) is 6.17. The first-order valence-corrected chi connectivity index (χ1v) is 10.9. The van der Waals surface area contributed by atoms with Crippen molar-refractivity contribution in [3.05, 3.63) is 64.4 Å². The highest BCUT2D eigenvalue weighted by molar-refractivity contribution is 6.30. The number of halogens is 1. The van der Waals surface area contributed by atoms with Crippen LogP contribution in [0.15, 0.2) is 42.6 Å². The largest absolute Gasteiger partial charge is 0.340 e. The number of hydrogen-bond acceptors (Lipinski definition) is 3. The summed E-state index contributed by atoms with van der Waals surface area (Å²) < 4.78 is 0. The van der Waals surface area contributed by atoms with Crippen LogP contribution in [0.4, 0.5) is 4.79 Å². The van der Waals surface area contributed by atoms with Gasteiger partial charge in [-0.2, -0.15) is 0 Å². The molecule has 2 heterocycles. The van der Waals surface area contributed by atoms with Crippen molar-refractivity contribution in [1.82, 2.24) is 20.1 Å². The number of amides is 3. The number of carbonyl (C=O) groups is 2. The highest BCUT2D eigenvalue weighted by Gasteiger charge is 2.37. The van der Waals surface area contributed by atoms with Gasteiger partial charge in [-0.1, -0.05) is 29.8 Å². The molecule has 2 aliphatic rings. The van der Waals surface area contributed by atoms with Gasteiger partial charge in [-0.3, -0.25) is 9.78 Å². The summed E-state index contributed by atoms with van der Waals surface area (Å²) in [6.45, 7) is 1.09. The van der Waals surface area contributed by atoms with Crippen LogP contribution in [0.2, 0.25) is 5.02 Å². The topological polar surface area (TPSA) is 65.5 Å². The van der Waals surface area contributed by atoms with E-state index >= 15 is 0 Å². The Morgan fingerprint density at radius 1 is 1.20 bits per heavy atom. The van der Waals surface area contributed by atoms with Crippen molar-refractivity contribution < 1.29 is 9.59 Å². The van der Waals surface area contributed by atoms with Gasteiger partial charge in [0.15, 0.2) is 0 Å². The molecule has 158 valence electrons. The summed E-state index contributed by atoms with van der Waals surface area (Å²) in [4.78, 5) is 34.0. The Morgan fingerprint density at radius 2 is 2.00 bits per heavy atom. The normalized spacial score (nSPS) is 20.5. The zero-order chi connectivity index (χ0) is 21.1. The molecule has 1 fully saturated rings. The molecule has 1 aromatic carbocycles. The Morgan fingerprint density at radius 3 is 2.80 bits per heavy atom. The fraction of sp³-hybridized carbons (Fsp3) is 0.435. The van der Waals surface area contributed by atoms with Crippen LogP contribution in [0.25, 0.3) is 0 Å². The SMILES string of the molecule is CN(Cc1ccc(Cl)cc1)C(=O)[C@H]1CCCN1C(=O)NC1CCCc2ncccc21. The number of aryl methyl sites for hydroxylation is 1. The molecule has 1 aromatic heterocycles. The van der Waals surface area contributed by atoms with Crippen LogP contribution < -0.4 is 5.32 Å². The number of benzene rings is 1. The molecule has 2 aromatic rings. The molecule has 0 bridgehead atoms. The summed E-state index contributed by atoms with van der Waals surface area (Å²) in [5, 5.41) is 3.83. The van der Waals surface area contributed by atoms with Gasteiger partial charge in [0.25, 0.3) is 0 Å². The molecular weight excluding hydrogens is 400 g/mol. The summed E-state index contributed by atoms with van der Waals surface area (Å²) in [5.41, 5.74) is 3.17. The zero-order valence-corrected chi connectivity index (χ0v) is 17.9. The van der Waals surface area contributed by atoms with Crippen LogP contribution in [0.3, 0.4) is 0 Å². The van der Waals surface area contributed by atoms with E-state index in [-0.39, 0.29) is 18.0 Å². The van der Waals surface area contributed by atoms with Gasteiger partial charge in [0, 0.05) is 37.1 Å². The van der Waals surface area contributed by atoms with E-state index in [0.29, 0.717) is 24.5 Å². The molecule has 30 heavy (non-hydrogen) atoms. The van der Waals surface area contributed by atoms with Crippen molar-refractivity contribution in [3.63, 3.8) is 0 Å². The van der Waals surface area contributed by atoms with Crippen molar-refractivity contribution in [2.24, 2.45) is 0 Å². The van der Waals surface area contributed by atoms with E-state index in [0.717, 1.165) is 42.5 Å². The van der Waals surface area contributed by atoms with E-state index in [2.05, 4.69) is 10.3 Å². The first-order chi connectivity index (χ1) is 14.5. The third-order valence-corrected chi connectivity index (χ3v) is 6.26. The minimum Gasteiger partial charge on any atom is -0.340 e. The first-order valence-electron chi connectivity index (χ1n) is 10.5. The van der Waals surface area contributed by atoms with Crippen LogP contribution in [0.5, 0.6) is 0 Å². The molecule has 7 heteroatoms. The van der Waals surface area contributed by atoms with Gasteiger partial charge in [-0.15, -0.1) is 0 Å². The van der Waals surface area contributed by atoms with E-state index < -0.39 is 6.04 Å². The summed E-state index contributed by atoms with van der Waals surface area (Å²) in [5.74, 6) is -0.0247. The first kappa shape index (κ1) is 20.7. The Bertz CT molecular complexity index is 918. The smallest absolute Gasteiger partial charge is 0.318 e. The fourth-order valence-corrected chi connectivity index (χ4v) is 4.58. The number of hydrogen-bond donors (Lipinski definition) is 1. The second-order valence-electron chi connectivity index (χ2n) is 8.11. The van der Waals surface area contributed by atoms with E-state index in [1.165, 1.54) is 0 Å². The minimum absolute atomic E-state index is 0.0247. The lowest BCUT2D eigenvalue weighted by molar-refractivity contribution is -0.134. The number of rotatable bonds is 4. The van der Waals surface area contributed by atoms with E-state index in [1.54, 1.807) is 23.0 Å². The number of aromatic nitrogens is 1. The molecule has 4 rings (SSSR count). The van der Waals surface area contributed by atoms with Crippen molar-refractivity contribution in [2.75, 3.05) is 13.6 Å². The Hall–Kier alpha value is -2.60. The van der Waals surface area contributed by atoms with Crippen LogP contribution in [0, 0.1) is 0 Å².